The van der Waals surface area contributed by atoms with Gasteiger partial charge in [-0.1, -0.05) is 18.2 Å². The van der Waals surface area contributed by atoms with Gasteiger partial charge in [0.2, 0.25) is 5.91 Å². The van der Waals surface area contributed by atoms with Crippen molar-refractivity contribution in [3.8, 4) is 16.9 Å². The van der Waals surface area contributed by atoms with Crippen LogP contribution < -0.4 is 10.5 Å². The number of hydrogen-bond acceptors (Lipinski definition) is 4. The number of rotatable bonds is 8. The second kappa shape index (κ2) is 11.6. The Hall–Kier alpha value is -3.00. The first-order valence-electron chi connectivity index (χ1n) is 13.1. The van der Waals surface area contributed by atoms with Crippen molar-refractivity contribution in [2.24, 2.45) is 11.7 Å². The summed E-state index contributed by atoms with van der Waals surface area (Å²) in [4.78, 5) is 28.4. The Morgan fingerprint density at radius 3 is 2.30 bits per heavy atom. The zero-order chi connectivity index (χ0) is 26.6. The molecule has 1 atom stereocenters. The first kappa shape index (κ1) is 27.0. The molecule has 2 aliphatic rings. The molecule has 0 radical (unpaired) electrons. The number of alkyl halides is 1. The number of primary amides is 1. The number of benzene rings is 2. The summed E-state index contributed by atoms with van der Waals surface area (Å²) in [6.45, 7) is 6.21. The van der Waals surface area contributed by atoms with Crippen LogP contribution in [0.3, 0.4) is 0 Å². The minimum atomic E-state index is -1.20. The molecule has 2 N–H and O–H groups in total. The highest BCUT2D eigenvalue weighted by Crippen LogP contribution is 2.28. The largest absolute Gasteiger partial charge is 0.490 e. The third-order valence-corrected chi connectivity index (χ3v) is 7.27. The van der Waals surface area contributed by atoms with Crippen LogP contribution in [0.2, 0.25) is 0 Å². The highest BCUT2D eigenvalue weighted by atomic mass is 19.1. The summed E-state index contributed by atoms with van der Waals surface area (Å²) in [6, 6.07) is 11.2. The molecular weight excluding hydrogens is 476 g/mol. The van der Waals surface area contributed by atoms with E-state index in [4.69, 9.17) is 10.5 Å². The van der Waals surface area contributed by atoms with E-state index >= 15 is 0 Å². The summed E-state index contributed by atoms with van der Waals surface area (Å²) in [5, 5.41) is 0. The number of carbonyl (C=O) groups is 2. The smallest absolute Gasteiger partial charge is 0.254 e. The molecule has 2 aromatic rings. The standard InChI is InChI=1S/C29H37F2N3O3/c1-29(2,31)19-33-15-12-20(13-16-33)18-37-26-11-10-23(17-24(26)30)21-6-8-22(9-7-21)28(36)34-14-4-3-5-25(34)27(32)35/h6-11,17,20,25H,3-5,12-16,18-19H2,1-2H3,(H2,32,35)/t25-/m0/s1. The molecule has 2 heterocycles. The molecular formula is C29H37F2N3O3. The number of amides is 2. The number of halogens is 2. The Morgan fingerprint density at radius 1 is 1.00 bits per heavy atom. The lowest BCUT2D eigenvalue weighted by Crippen LogP contribution is -2.50. The molecule has 2 aliphatic heterocycles. The van der Waals surface area contributed by atoms with Gasteiger partial charge in [0.15, 0.2) is 11.6 Å². The normalized spacial score (nSPS) is 19.6. The maximum absolute atomic E-state index is 14.8. The van der Waals surface area contributed by atoms with Crippen molar-refractivity contribution in [1.29, 1.82) is 0 Å². The molecule has 6 nitrogen and oxygen atoms in total. The summed E-state index contributed by atoms with van der Waals surface area (Å²) in [7, 11) is 0. The van der Waals surface area contributed by atoms with Crippen molar-refractivity contribution in [3.05, 3.63) is 53.8 Å². The molecule has 0 aromatic heterocycles. The van der Waals surface area contributed by atoms with Crippen molar-refractivity contribution in [1.82, 2.24) is 9.80 Å². The van der Waals surface area contributed by atoms with Crippen LogP contribution >= 0.6 is 0 Å². The second-order valence-corrected chi connectivity index (χ2v) is 10.9. The average molecular weight is 514 g/mol. The van der Waals surface area contributed by atoms with Gasteiger partial charge in [-0.05, 0) is 100 Å². The molecule has 0 saturated carbocycles. The number of ether oxygens (including phenoxy) is 1. The van der Waals surface area contributed by atoms with E-state index in [1.165, 1.54) is 6.07 Å². The fourth-order valence-electron chi connectivity index (χ4n) is 5.29. The third-order valence-electron chi connectivity index (χ3n) is 7.27. The molecule has 200 valence electrons. The summed E-state index contributed by atoms with van der Waals surface area (Å²) in [5.74, 6) is -0.604. The zero-order valence-electron chi connectivity index (χ0n) is 21.7. The van der Waals surface area contributed by atoms with E-state index in [0.717, 1.165) is 44.3 Å². The lowest BCUT2D eigenvalue weighted by Gasteiger charge is -2.34. The van der Waals surface area contributed by atoms with Crippen molar-refractivity contribution < 1.29 is 23.1 Å². The van der Waals surface area contributed by atoms with E-state index in [2.05, 4.69) is 4.90 Å². The van der Waals surface area contributed by atoms with Gasteiger partial charge < -0.3 is 20.3 Å². The van der Waals surface area contributed by atoms with Crippen molar-refractivity contribution in [2.75, 3.05) is 32.8 Å². The lowest BCUT2D eigenvalue weighted by molar-refractivity contribution is -0.123. The number of likely N-dealkylation sites (tertiary alicyclic amines) is 2. The van der Waals surface area contributed by atoms with Gasteiger partial charge in [0.1, 0.15) is 11.7 Å². The fraction of sp³-hybridized carbons (Fsp3) is 0.517. The monoisotopic (exact) mass is 513 g/mol. The van der Waals surface area contributed by atoms with E-state index in [9.17, 15) is 18.4 Å². The molecule has 0 aliphatic carbocycles. The van der Waals surface area contributed by atoms with Crippen LogP contribution in [0.4, 0.5) is 8.78 Å². The molecule has 0 unspecified atom stereocenters. The average Bonchev–Trinajstić information content (AvgIpc) is 2.87. The molecule has 4 rings (SSSR count). The highest BCUT2D eigenvalue weighted by molar-refractivity contribution is 5.97. The van der Waals surface area contributed by atoms with Gasteiger partial charge >= 0.3 is 0 Å². The van der Waals surface area contributed by atoms with E-state index in [0.29, 0.717) is 43.2 Å². The topological polar surface area (TPSA) is 75.9 Å². The van der Waals surface area contributed by atoms with E-state index in [-0.39, 0.29) is 11.7 Å². The van der Waals surface area contributed by atoms with E-state index < -0.39 is 23.4 Å². The first-order chi connectivity index (χ1) is 17.6. The lowest BCUT2D eigenvalue weighted by atomic mass is 9.96. The predicted octanol–water partition coefficient (Wildman–Crippen LogP) is 4.81. The minimum absolute atomic E-state index is 0.213. The summed E-state index contributed by atoms with van der Waals surface area (Å²) >= 11 is 0. The first-order valence-corrected chi connectivity index (χ1v) is 13.1. The summed E-state index contributed by atoms with van der Waals surface area (Å²) in [5.41, 5.74) is 6.22. The Morgan fingerprint density at radius 2 is 1.68 bits per heavy atom. The number of nitrogens with two attached hydrogens (primary N) is 1. The van der Waals surface area contributed by atoms with E-state index in [1.807, 2.05) is 0 Å². The van der Waals surface area contributed by atoms with Gasteiger partial charge in [-0.15, -0.1) is 0 Å². The van der Waals surface area contributed by atoms with Crippen molar-refractivity contribution in [2.45, 2.75) is 57.7 Å². The number of nitrogens with zero attached hydrogens (tertiary/aromatic N) is 2. The molecule has 0 bridgehead atoms. The van der Waals surface area contributed by atoms with Gasteiger partial charge in [-0.25, -0.2) is 8.78 Å². The highest BCUT2D eigenvalue weighted by Gasteiger charge is 2.31. The Bertz CT molecular complexity index is 1090. The minimum Gasteiger partial charge on any atom is -0.490 e. The van der Waals surface area contributed by atoms with Crippen LogP contribution in [0.25, 0.3) is 11.1 Å². The van der Waals surface area contributed by atoms with Gasteiger partial charge in [-0.3, -0.25) is 9.59 Å². The van der Waals surface area contributed by atoms with Crippen molar-refractivity contribution >= 4 is 11.8 Å². The molecule has 8 heteroatoms. The predicted molar refractivity (Wildman–Crippen MR) is 140 cm³/mol. The molecule has 2 fully saturated rings. The Kier molecular flexibility index (Phi) is 8.47. The molecule has 37 heavy (non-hydrogen) atoms. The number of hydrogen-bond donors (Lipinski definition) is 1. The number of carbonyl (C=O) groups excluding carboxylic acids is 2. The van der Waals surface area contributed by atoms with Crippen LogP contribution in [0, 0.1) is 11.7 Å². The van der Waals surface area contributed by atoms with Crippen LogP contribution in [0.5, 0.6) is 5.75 Å². The summed E-state index contributed by atoms with van der Waals surface area (Å²) < 4.78 is 34.5. The molecule has 0 spiro atoms. The van der Waals surface area contributed by atoms with Crippen molar-refractivity contribution in [3.63, 3.8) is 0 Å². The zero-order valence-corrected chi connectivity index (χ0v) is 21.7. The van der Waals surface area contributed by atoms with Gasteiger partial charge in [0.25, 0.3) is 5.91 Å². The second-order valence-electron chi connectivity index (χ2n) is 10.9. The molecule has 2 saturated heterocycles. The maximum Gasteiger partial charge on any atom is 0.254 e. The van der Waals surface area contributed by atoms with Crippen LogP contribution in [0.15, 0.2) is 42.5 Å². The Balaban J connectivity index is 1.33. The van der Waals surface area contributed by atoms with Gasteiger partial charge in [0.05, 0.1) is 6.61 Å². The van der Waals surface area contributed by atoms with Gasteiger partial charge in [0, 0.05) is 18.7 Å². The van der Waals surface area contributed by atoms with Crippen LogP contribution in [-0.2, 0) is 4.79 Å². The third kappa shape index (κ3) is 7.06. The number of piperidine rings is 2. The van der Waals surface area contributed by atoms with Gasteiger partial charge in [-0.2, -0.15) is 0 Å². The van der Waals surface area contributed by atoms with Crippen LogP contribution in [-0.4, -0.2) is 66.1 Å². The Labute approximate surface area is 217 Å². The molecule has 2 aromatic carbocycles. The SMILES string of the molecule is CC(C)(F)CN1CCC(COc2ccc(-c3ccc(C(=O)N4CCCC[C@H]4C(N)=O)cc3)cc2F)CC1. The summed E-state index contributed by atoms with van der Waals surface area (Å²) in [6.07, 6.45) is 4.11. The quantitative estimate of drug-likeness (QED) is 0.550. The van der Waals surface area contributed by atoms with Crippen LogP contribution in [0.1, 0.15) is 56.3 Å². The fourth-order valence-corrected chi connectivity index (χ4v) is 5.29. The maximum atomic E-state index is 14.8. The molecule has 2 amide bonds. The van der Waals surface area contributed by atoms with E-state index in [1.54, 1.807) is 55.1 Å².